The molecule has 2 N–H and O–H groups in total. The summed E-state index contributed by atoms with van der Waals surface area (Å²) in [6.45, 7) is 6.20. The smallest absolute Gasteiger partial charge is 0.226 e. The number of rotatable bonds is 9. The van der Waals surface area contributed by atoms with E-state index in [0.29, 0.717) is 12.5 Å². The quantitative estimate of drug-likeness (QED) is 0.518. The Morgan fingerprint density at radius 1 is 1.10 bits per heavy atom. The van der Waals surface area contributed by atoms with Crippen LogP contribution >= 0.6 is 0 Å². The van der Waals surface area contributed by atoms with E-state index in [1.165, 1.54) is 0 Å². The third-order valence-corrected chi connectivity index (χ3v) is 5.25. The van der Waals surface area contributed by atoms with Crippen molar-refractivity contribution in [1.82, 2.24) is 24.6 Å². The SMILES string of the molecule is COc1ccc(CNc2nc(NCCCN3CCOCC3)nc3c2cnn3C)cc1. The lowest BCUT2D eigenvalue weighted by atomic mass is 10.2. The van der Waals surface area contributed by atoms with Gasteiger partial charge < -0.3 is 20.1 Å². The molecule has 9 heteroatoms. The van der Waals surface area contributed by atoms with E-state index in [-0.39, 0.29) is 0 Å². The van der Waals surface area contributed by atoms with Gasteiger partial charge in [-0.3, -0.25) is 9.58 Å². The molecular formula is C21H29N7O2. The number of nitrogens with zero attached hydrogens (tertiary/aromatic N) is 5. The number of fused-ring (bicyclic) bond motifs is 1. The second kappa shape index (κ2) is 9.73. The maximum absolute atomic E-state index is 5.40. The molecule has 1 aromatic carbocycles. The van der Waals surface area contributed by atoms with Crippen LogP contribution in [-0.2, 0) is 18.3 Å². The molecule has 0 saturated carbocycles. The molecule has 1 saturated heterocycles. The average Bonchev–Trinajstić information content (AvgIpc) is 3.17. The van der Waals surface area contributed by atoms with Crippen molar-refractivity contribution in [3.05, 3.63) is 36.0 Å². The fourth-order valence-electron chi connectivity index (χ4n) is 3.49. The molecule has 0 radical (unpaired) electrons. The second-order valence-corrected chi connectivity index (χ2v) is 7.34. The molecule has 3 aromatic rings. The molecule has 0 amide bonds. The molecule has 2 aromatic heterocycles. The minimum atomic E-state index is 0.616. The zero-order chi connectivity index (χ0) is 20.8. The summed E-state index contributed by atoms with van der Waals surface area (Å²) in [5, 5.41) is 12.1. The van der Waals surface area contributed by atoms with Crippen LogP contribution in [0.1, 0.15) is 12.0 Å². The van der Waals surface area contributed by atoms with Crippen LogP contribution in [0, 0.1) is 0 Å². The third kappa shape index (κ3) is 4.98. The molecule has 4 rings (SSSR count). The summed E-state index contributed by atoms with van der Waals surface area (Å²) in [6.07, 6.45) is 2.83. The maximum atomic E-state index is 5.40. The van der Waals surface area contributed by atoms with Crippen molar-refractivity contribution in [3.63, 3.8) is 0 Å². The number of hydrogen-bond acceptors (Lipinski definition) is 8. The lowest BCUT2D eigenvalue weighted by Gasteiger charge is -2.26. The van der Waals surface area contributed by atoms with Gasteiger partial charge in [0, 0.05) is 33.2 Å². The van der Waals surface area contributed by atoms with Crippen LogP contribution in [0.4, 0.5) is 11.8 Å². The van der Waals surface area contributed by atoms with Crippen LogP contribution in [0.2, 0.25) is 0 Å². The molecule has 1 aliphatic rings. The molecule has 0 atom stereocenters. The summed E-state index contributed by atoms with van der Waals surface area (Å²) in [5.74, 6) is 2.24. The van der Waals surface area contributed by atoms with Gasteiger partial charge in [-0.05, 0) is 30.7 Å². The van der Waals surface area contributed by atoms with E-state index in [1.807, 2.05) is 31.3 Å². The summed E-state index contributed by atoms with van der Waals surface area (Å²) < 4.78 is 12.4. The number of anilines is 2. The molecule has 1 aliphatic heterocycles. The Balaban J connectivity index is 1.40. The molecule has 3 heterocycles. The van der Waals surface area contributed by atoms with Crippen molar-refractivity contribution >= 4 is 22.8 Å². The number of hydrogen-bond donors (Lipinski definition) is 2. The van der Waals surface area contributed by atoms with Gasteiger partial charge >= 0.3 is 0 Å². The minimum absolute atomic E-state index is 0.616. The van der Waals surface area contributed by atoms with Gasteiger partial charge in [0.2, 0.25) is 5.95 Å². The Bertz CT molecular complexity index is 952. The highest BCUT2D eigenvalue weighted by Crippen LogP contribution is 2.22. The Hall–Kier alpha value is -2.91. The largest absolute Gasteiger partial charge is 0.497 e. The van der Waals surface area contributed by atoms with Crippen LogP contribution in [0.25, 0.3) is 11.0 Å². The number of aromatic nitrogens is 4. The summed E-state index contributed by atoms with van der Waals surface area (Å²) >= 11 is 0. The van der Waals surface area contributed by atoms with Crippen molar-refractivity contribution in [2.45, 2.75) is 13.0 Å². The molecule has 160 valence electrons. The predicted molar refractivity (Wildman–Crippen MR) is 117 cm³/mol. The minimum Gasteiger partial charge on any atom is -0.497 e. The molecule has 0 unspecified atom stereocenters. The van der Waals surface area contributed by atoms with Crippen molar-refractivity contribution in [2.24, 2.45) is 7.05 Å². The van der Waals surface area contributed by atoms with Gasteiger partial charge in [0.25, 0.3) is 0 Å². The Labute approximate surface area is 176 Å². The molecular weight excluding hydrogens is 382 g/mol. The van der Waals surface area contributed by atoms with E-state index in [4.69, 9.17) is 14.5 Å². The number of benzene rings is 1. The Morgan fingerprint density at radius 3 is 2.67 bits per heavy atom. The van der Waals surface area contributed by atoms with E-state index in [0.717, 1.165) is 74.0 Å². The standard InChI is InChI=1S/C21H29N7O2/c1-27-20-18(15-24-27)19(23-14-16-4-6-17(29-2)7-5-16)25-21(26-20)22-8-3-9-28-10-12-30-13-11-28/h4-7,15H,3,8-14H2,1-2H3,(H2,22,23,25,26). The van der Waals surface area contributed by atoms with Crippen LogP contribution < -0.4 is 15.4 Å². The van der Waals surface area contributed by atoms with Crippen LogP contribution in [0.15, 0.2) is 30.5 Å². The van der Waals surface area contributed by atoms with E-state index in [9.17, 15) is 0 Å². The summed E-state index contributed by atoms with van der Waals surface area (Å²) in [5.41, 5.74) is 1.95. The van der Waals surface area contributed by atoms with Crippen LogP contribution in [-0.4, -0.2) is 71.2 Å². The monoisotopic (exact) mass is 411 g/mol. The number of nitrogens with one attached hydrogen (secondary N) is 2. The van der Waals surface area contributed by atoms with Gasteiger partial charge in [0.15, 0.2) is 5.65 Å². The highest BCUT2D eigenvalue weighted by atomic mass is 16.5. The number of morpholine rings is 1. The number of methoxy groups -OCH3 is 1. The van der Waals surface area contributed by atoms with E-state index in [2.05, 4.69) is 25.6 Å². The first-order valence-corrected chi connectivity index (χ1v) is 10.3. The molecule has 9 nitrogen and oxygen atoms in total. The highest BCUT2D eigenvalue weighted by Gasteiger charge is 2.12. The normalized spacial score (nSPS) is 14.7. The lowest BCUT2D eigenvalue weighted by Crippen LogP contribution is -2.37. The first kappa shape index (κ1) is 20.4. The molecule has 0 bridgehead atoms. The summed E-state index contributed by atoms with van der Waals surface area (Å²) in [7, 11) is 3.56. The molecule has 0 aliphatic carbocycles. The van der Waals surface area contributed by atoms with Gasteiger partial charge in [-0.25, -0.2) is 0 Å². The first-order chi connectivity index (χ1) is 14.7. The molecule has 0 spiro atoms. The predicted octanol–water partition coefficient (Wildman–Crippen LogP) is 2.12. The second-order valence-electron chi connectivity index (χ2n) is 7.34. The zero-order valence-corrected chi connectivity index (χ0v) is 17.6. The topological polar surface area (TPSA) is 89.4 Å². The number of ether oxygens (including phenoxy) is 2. The van der Waals surface area contributed by atoms with Crippen molar-refractivity contribution in [1.29, 1.82) is 0 Å². The fraction of sp³-hybridized carbons (Fsp3) is 0.476. The molecule has 30 heavy (non-hydrogen) atoms. The van der Waals surface area contributed by atoms with E-state index in [1.54, 1.807) is 18.0 Å². The Kier molecular flexibility index (Phi) is 6.60. The van der Waals surface area contributed by atoms with Crippen molar-refractivity contribution < 1.29 is 9.47 Å². The highest BCUT2D eigenvalue weighted by molar-refractivity contribution is 5.87. The molecule has 1 fully saturated rings. The Morgan fingerprint density at radius 2 is 1.90 bits per heavy atom. The average molecular weight is 412 g/mol. The zero-order valence-electron chi connectivity index (χ0n) is 17.6. The first-order valence-electron chi connectivity index (χ1n) is 10.3. The van der Waals surface area contributed by atoms with Gasteiger partial charge in [0.1, 0.15) is 11.6 Å². The van der Waals surface area contributed by atoms with Gasteiger partial charge in [-0.1, -0.05) is 12.1 Å². The third-order valence-electron chi connectivity index (χ3n) is 5.25. The van der Waals surface area contributed by atoms with Gasteiger partial charge in [-0.2, -0.15) is 15.1 Å². The van der Waals surface area contributed by atoms with Crippen LogP contribution in [0.5, 0.6) is 5.75 Å². The van der Waals surface area contributed by atoms with Gasteiger partial charge in [0.05, 0.1) is 31.9 Å². The fourth-order valence-corrected chi connectivity index (χ4v) is 3.49. The van der Waals surface area contributed by atoms with Crippen LogP contribution in [0.3, 0.4) is 0 Å². The van der Waals surface area contributed by atoms with Gasteiger partial charge in [-0.15, -0.1) is 0 Å². The summed E-state index contributed by atoms with van der Waals surface area (Å²) in [6, 6.07) is 7.99. The lowest BCUT2D eigenvalue weighted by molar-refractivity contribution is 0.0378. The van der Waals surface area contributed by atoms with E-state index >= 15 is 0 Å². The van der Waals surface area contributed by atoms with Crippen molar-refractivity contribution in [2.75, 3.05) is 57.1 Å². The van der Waals surface area contributed by atoms with Crippen molar-refractivity contribution in [3.8, 4) is 5.75 Å². The summed E-state index contributed by atoms with van der Waals surface area (Å²) in [4.78, 5) is 11.8. The van der Waals surface area contributed by atoms with E-state index < -0.39 is 0 Å². The maximum Gasteiger partial charge on any atom is 0.226 e. The number of aryl methyl sites for hydroxylation is 1.